The van der Waals surface area contributed by atoms with Crippen molar-refractivity contribution in [3.05, 3.63) is 11.7 Å². The van der Waals surface area contributed by atoms with Crippen LogP contribution in [0.4, 0.5) is 0 Å². The van der Waals surface area contributed by atoms with Crippen molar-refractivity contribution in [2.75, 3.05) is 0 Å². The van der Waals surface area contributed by atoms with E-state index in [1.807, 2.05) is 0 Å². The Balaban J connectivity index is 2.29. The summed E-state index contributed by atoms with van der Waals surface area (Å²) in [5.74, 6) is 0.882. The van der Waals surface area contributed by atoms with Gasteiger partial charge in [0.2, 0.25) is 11.8 Å². The van der Waals surface area contributed by atoms with Gasteiger partial charge in [0.25, 0.3) is 0 Å². The standard InChI is InChI=1S/C7H11N3O2/c1-5-9-7(10-12-5)4-2-3-6(8)11/h2-4H2,1H3,(H2,8,11). The van der Waals surface area contributed by atoms with Crippen molar-refractivity contribution >= 4 is 5.91 Å². The molecule has 0 saturated heterocycles. The highest BCUT2D eigenvalue weighted by atomic mass is 16.5. The first-order chi connectivity index (χ1) is 5.68. The quantitative estimate of drug-likeness (QED) is 0.697. The summed E-state index contributed by atoms with van der Waals surface area (Å²) in [5.41, 5.74) is 4.96. The normalized spacial score (nSPS) is 10.1. The summed E-state index contributed by atoms with van der Waals surface area (Å²) in [4.78, 5) is 14.3. The number of aryl methyl sites for hydroxylation is 2. The number of carbonyl (C=O) groups excluding carboxylic acids is 1. The van der Waals surface area contributed by atoms with Gasteiger partial charge in [0.1, 0.15) is 0 Å². The number of hydrogen-bond donors (Lipinski definition) is 1. The molecular formula is C7H11N3O2. The first-order valence-corrected chi connectivity index (χ1v) is 3.76. The Labute approximate surface area is 69.9 Å². The number of nitrogens with zero attached hydrogens (tertiary/aromatic N) is 2. The summed E-state index contributed by atoms with van der Waals surface area (Å²) < 4.78 is 4.74. The highest BCUT2D eigenvalue weighted by molar-refractivity contribution is 5.73. The zero-order chi connectivity index (χ0) is 8.97. The van der Waals surface area contributed by atoms with Crippen LogP contribution in [0.3, 0.4) is 0 Å². The third-order valence-electron chi connectivity index (χ3n) is 1.39. The van der Waals surface area contributed by atoms with Gasteiger partial charge in [-0.05, 0) is 6.42 Å². The fourth-order valence-corrected chi connectivity index (χ4v) is 0.864. The minimum absolute atomic E-state index is 0.296. The van der Waals surface area contributed by atoms with Crippen LogP contribution >= 0.6 is 0 Å². The van der Waals surface area contributed by atoms with Crippen LogP contribution in [-0.2, 0) is 11.2 Å². The van der Waals surface area contributed by atoms with Crippen LogP contribution < -0.4 is 5.73 Å². The van der Waals surface area contributed by atoms with Gasteiger partial charge < -0.3 is 10.3 Å². The third-order valence-corrected chi connectivity index (χ3v) is 1.39. The van der Waals surface area contributed by atoms with Gasteiger partial charge in [0, 0.05) is 19.8 Å². The second-order valence-electron chi connectivity index (χ2n) is 2.55. The highest BCUT2D eigenvalue weighted by Gasteiger charge is 2.02. The number of aromatic nitrogens is 2. The maximum Gasteiger partial charge on any atom is 0.223 e. The molecule has 5 heteroatoms. The number of carbonyl (C=O) groups is 1. The minimum atomic E-state index is -0.296. The molecule has 0 unspecified atom stereocenters. The topological polar surface area (TPSA) is 82.0 Å². The fraction of sp³-hybridized carbons (Fsp3) is 0.571. The lowest BCUT2D eigenvalue weighted by atomic mass is 10.2. The first-order valence-electron chi connectivity index (χ1n) is 3.76. The van der Waals surface area contributed by atoms with E-state index in [2.05, 4.69) is 10.1 Å². The summed E-state index contributed by atoms with van der Waals surface area (Å²) in [7, 11) is 0. The van der Waals surface area contributed by atoms with Crippen molar-refractivity contribution in [3.8, 4) is 0 Å². The number of amides is 1. The summed E-state index contributed by atoms with van der Waals surface area (Å²) in [5, 5.41) is 3.67. The Hall–Kier alpha value is -1.39. The molecule has 1 amide bonds. The minimum Gasteiger partial charge on any atom is -0.370 e. The molecule has 0 radical (unpaired) electrons. The molecule has 5 nitrogen and oxygen atoms in total. The Morgan fingerprint density at radius 3 is 2.92 bits per heavy atom. The average Bonchev–Trinajstić information content (AvgIpc) is 2.35. The number of primary amides is 1. The fourth-order valence-electron chi connectivity index (χ4n) is 0.864. The first kappa shape index (κ1) is 8.70. The molecule has 1 rings (SSSR count). The molecule has 0 aliphatic rings. The van der Waals surface area contributed by atoms with E-state index in [0.717, 1.165) is 0 Å². The Morgan fingerprint density at radius 1 is 1.67 bits per heavy atom. The molecule has 0 aliphatic carbocycles. The molecule has 0 atom stereocenters. The molecule has 1 aromatic rings. The Morgan fingerprint density at radius 2 is 2.42 bits per heavy atom. The van der Waals surface area contributed by atoms with E-state index in [9.17, 15) is 4.79 Å². The summed E-state index contributed by atoms with van der Waals surface area (Å²) in [6, 6.07) is 0. The second kappa shape index (κ2) is 3.85. The molecule has 0 aromatic carbocycles. The van der Waals surface area contributed by atoms with Crippen LogP contribution in [0.5, 0.6) is 0 Å². The van der Waals surface area contributed by atoms with Crippen molar-refractivity contribution in [1.29, 1.82) is 0 Å². The Kier molecular flexibility index (Phi) is 2.79. The van der Waals surface area contributed by atoms with Crippen molar-refractivity contribution in [3.63, 3.8) is 0 Å². The van der Waals surface area contributed by atoms with E-state index >= 15 is 0 Å². The maximum atomic E-state index is 10.4. The van der Waals surface area contributed by atoms with Crippen LogP contribution in [-0.4, -0.2) is 16.0 Å². The average molecular weight is 169 g/mol. The number of hydrogen-bond acceptors (Lipinski definition) is 4. The van der Waals surface area contributed by atoms with Crippen molar-refractivity contribution in [2.45, 2.75) is 26.2 Å². The molecular weight excluding hydrogens is 158 g/mol. The summed E-state index contributed by atoms with van der Waals surface area (Å²) in [6.07, 6.45) is 1.68. The lowest BCUT2D eigenvalue weighted by Gasteiger charge is -1.90. The van der Waals surface area contributed by atoms with E-state index < -0.39 is 0 Å². The SMILES string of the molecule is Cc1nc(CCCC(N)=O)no1. The van der Waals surface area contributed by atoms with Crippen molar-refractivity contribution in [1.82, 2.24) is 10.1 Å². The molecule has 0 aliphatic heterocycles. The zero-order valence-electron chi connectivity index (χ0n) is 6.91. The molecule has 1 aromatic heterocycles. The van der Waals surface area contributed by atoms with Crippen molar-refractivity contribution < 1.29 is 9.32 Å². The molecule has 0 spiro atoms. The van der Waals surface area contributed by atoms with Gasteiger partial charge in [-0.2, -0.15) is 4.98 Å². The van der Waals surface area contributed by atoms with Gasteiger partial charge in [-0.3, -0.25) is 4.79 Å². The smallest absolute Gasteiger partial charge is 0.223 e. The largest absolute Gasteiger partial charge is 0.370 e. The third kappa shape index (κ3) is 2.69. The van der Waals surface area contributed by atoms with E-state index in [4.69, 9.17) is 10.3 Å². The molecule has 12 heavy (non-hydrogen) atoms. The predicted octanol–water partition coefficient (Wildman–Crippen LogP) is 0.186. The van der Waals surface area contributed by atoms with Crippen molar-refractivity contribution in [2.24, 2.45) is 5.73 Å². The van der Waals surface area contributed by atoms with Gasteiger partial charge in [-0.15, -0.1) is 0 Å². The monoisotopic (exact) mass is 169 g/mol. The molecule has 66 valence electrons. The highest BCUT2D eigenvalue weighted by Crippen LogP contribution is 2.00. The molecule has 1 heterocycles. The van der Waals surface area contributed by atoms with Gasteiger partial charge in [0.05, 0.1) is 0 Å². The lowest BCUT2D eigenvalue weighted by molar-refractivity contribution is -0.118. The van der Waals surface area contributed by atoms with Gasteiger partial charge in [0.15, 0.2) is 5.82 Å². The maximum absolute atomic E-state index is 10.4. The van der Waals surface area contributed by atoms with E-state index in [0.29, 0.717) is 31.0 Å². The zero-order valence-corrected chi connectivity index (χ0v) is 6.91. The molecule has 0 fully saturated rings. The van der Waals surface area contributed by atoms with Gasteiger partial charge in [-0.25, -0.2) is 0 Å². The van der Waals surface area contributed by atoms with Crippen LogP contribution in [0.1, 0.15) is 24.6 Å². The van der Waals surface area contributed by atoms with E-state index in [1.165, 1.54) is 0 Å². The van der Waals surface area contributed by atoms with Crippen LogP contribution in [0.25, 0.3) is 0 Å². The number of nitrogens with two attached hydrogens (primary N) is 1. The Bertz CT molecular complexity index is 269. The molecule has 2 N–H and O–H groups in total. The summed E-state index contributed by atoms with van der Waals surface area (Å²) >= 11 is 0. The van der Waals surface area contributed by atoms with Crippen LogP contribution in [0, 0.1) is 6.92 Å². The van der Waals surface area contributed by atoms with Gasteiger partial charge >= 0.3 is 0 Å². The van der Waals surface area contributed by atoms with E-state index in [-0.39, 0.29) is 5.91 Å². The molecule has 0 saturated carbocycles. The van der Waals surface area contributed by atoms with E-state index in [1.54, 1.807) is 6.92 Å². The van der Waals surface area contributed by atoms with Crippen LogP contribution in [0.15, 0.2) is 4.52 Å². The van der Waals surface area contributed by atoms with Crippen LogP contribution in [0.2, 0.25) is 0 Å². The summed E-state index contributed by atoms with van der Waals surface area (Å²) in [6.45, 7) is 1.73. The predicted molar refractivity (Wildman–Crippen MR) is 41.2 cm³/mol. The molecule has 0 bridgehead atoms. The lowest BCUT2D eigenvalue weighted by Crippen LogP contribution is -2.10. The second-order valence-corrected chi connectivity index (χ2v) is 2.55. The number of rotatable bonds is 4. The van der Waals surface area contributed by atoms with Gasteiger partial charge in [-0.1, -0.05) is 5.16 Å².